The van der Waals surface area contributed by atoms with Crippen molar-refractivity contribution in [2.24, 2.45) is 4.99 Å². The Labute approximate surface area is 193 Å². The highest BCUT2D eigenvalue weighted by Crippen LogP contribution is 2.41. The molecular formula is C25H30N2O4S. The molecule has 1 aromatic heterocycles. The van der Waals surface area contributed by atoms with Crippen LogP contribution in [0.1, 0.15) is 24.0 Å². The number of hydrogen-bond donors (Lipinski definition) is 0. The molecule has 0 N–H and O–H groups in total. The first-order valence-corrected chi connectivity index (χ1v) is 11.6. The van der Waals surface area contributed by atoms with E-state index in [9.17, 15) is 0 Å². The maximum atomic E-state index is 5.96. The number of aromatic nitrogens is 1. The summed E-state index contributed by atoms with van der Waals surface area (Å²) in [6, 6.07) is 10.2. The molecular weight excluding hydrogens is 424 g/mol. The molecule has 4 rings (SSSR count). The van der Waals surface area contributed by atoms with Crippen LogP contribution in [0.25, 0.3) is 11.3 Å². The van der Waals surface area contributed by atoms with Gasteiger partial charge in [0.15, 0.2) is 16.3 Å². The van der Waals surface area contributed by atoms with Crippen LogP contribution >= 0.6 is 11.3 Å². The van der Waals surface area contributed by atoms with Gasteiger partial charge in [0.1, 0.15) is 0 Å². The molecule has 0 saturated carbocycles. The van der Waals surface area contributed by atoms with Gasteiger partial charge in [-0.05, 0) is 56.0 Å². The fourth-order valence-electron chi connectivity index (χ4n) is 4.01. The standard InChI is InChI=1S/C25H30N2O4S/c1-16-8-6-10-20(17(16)2)26-25-27(14-19-9-7-11-31-19)21(15-32-25)18-12-22(28-3)24(30-5)23(13-18)29-4/h6,8,10,12-13,15,19H,7,9,11,14H2,1-5H3. The van der Waals surface area contributed by atoms with Gasteiger partial charge in [-0.15, -0.1) is 11.3 Å². The van der Waals surface area contributed by atoms with Gasteiger partial charge in [0.2, 0.25) is 5.75 Å². The molecule has 3 aromatic rings. The van der Waals surface area contributed by atoms with Gasteiger partial charge < -0.3 is 23.5 Å². The second-order valence-corrected chi connectivity index (χ2v) is 8.73. The lowest BCUT2D eigenvalue weighted by Crippen LogP contribution is -2.24. The van der Waals surface area contributed by atoms with Crippen LogP contribution in [0.4, 0.5) is 5.69 Å². The lowest BCUT2D eigenvalue weighted by Gasteiger charge is -2.17. The monoisotopic (exact) mass is 454 g/mol. The highest BCUT2D eigenvalue weighted by atomic mass is 32.1. The Balaban J connectivity index is 1.88. The molecule has 1 saturated heterocycles. The average molecular weight is 455 g/mol. The Morgan fingerprint density at radius 3 is 2.47 bits per heavy atom. The predicted octanol–water partition coefficient (Wildman–Crippen LogP) is 5.27. The quantitative estimate of drug-likeness (QED) is 0.488. The first kappa shape index (κ1) is 22.4. The van der Waals surface area contributed by atoms with Crippen LogP contribution < -0.4 is 19.0 Å². The molecule has 6 nitrogen and oxygen atoms in total. The number of benzene rings is 2. The molecule has 170 valence electrons. The van der Waals surface area contributed by atoms with Crippen LogP contribution in [0, 0.1) is 13.8 Å². The van der Waals surface area contributed by atoms with Crippen molar-refractivity contribution < 1.29 is 18.9 Å². The maximum Gasteiger partial charge on any atom is 0.203 e. The summed E-state index contributed by atoms with van der Waals surface area (Å²) in [4.78, 5) is 5.99. The van der Waals surface area contributed by atoms with Crippen molar-refractivity contribution in [2.75, 3.05) is 27.9 Å². The Hall–Kier alpha value is -2.77. The molecule has 0 radical (unpaired) electrons. The fraction of sp³-hybridized carbons (Fsp3) is 0.400. The molecule has 0 aliphatic carbocycles. The number of nitrogens with zero attached hydrogens (tertiary/aromatic N) is 2. The van der Waals surface area contributed by atoms with E-state index in [-0.39, 0.29) is 6.10 Å². The van der Waals surface area contributed by atoms with Gasteiger partial charge in [0.25, 0.3) is 0 Å². The molecule has 1 aliphatic heterocycles. The zero-order chi connectivity index (χ0) is 22.7. The van der Waals surface area contributed by atoms with Crippen molar-refractivity contribution in [2.45, 2.75) is 39.3 Å². The van der Waals surface area contributed by atoms with Crippen LogP contribution in [-0.2, 0) is 11.3 Å². The van der Waals surface area contributed by atoms with E-state index >= 15 is 0 Å². The van der Waals surface area contributed by atoms with Crippen LogP contribution in [0.3, 0.4) is 0 Å². The minimum Gasteiger partial charge on any atom is -0.493 e. The lowest BCUT2D eigenvalue weighted by atomic mass is 10.1. The molecule has 1 unspecified atom stereocenters. The largest absolute Gasteiger partial charge is 0.493 e. The van der Waals surface area contributed by atoms with Gasteiger partial charge in [-0.25, -0.2) is 4.99 Å². The molecule has 0 amide bonds. The van der Waals surface area contributed by atoms with Gasteiger partial charge in [0, 0.05) is 17.6 Å². The third kappa shape index (κ3) is 4.40. The van der Waals surface area contributed by atoms with Gasteiger partial charge in [-0.1, -0.05) is 12.1 Å². The van der Waals surface area contributed by atoms with E-state index in [1.165, 1.54) is 11.1 Å². The topological polar surface area (TPSA) is 54.2 Å². The van der Waals surface area contributed by atoms with E-state index in [0.29, 0.717) is 17.2 Å². The van der Waals surface area contributed by atoms with E-state index in [4.69, 9.17) is 23.9 Å². The number of ether oxygens (including phenoxy) is 4. The van der Waals surface area contributed by atoms with Gasteiger partial charge in [0.05, 0.1) is 45.4 Å². The Morgan fingerprint density at radius 2 is 1.84 bits per heavy atom. The molecule has 1 aliphatic rings. The van der Waals surface area contributed by atoms with Crippen LogP contribution in [-0.4, -0.2) is 38.6 Å². The van der Waals surface area contributed by atoms with Crippen molar-refractivity contribution >= 4 is 17.0 Å². The van der Waals surface area contributed by atoms with Gasteiger partial charge >= 0.3 is 0 Å². The highest BCUT2D eigenvalue weighted by Gasteiger charge is 2.21. The predicted molar refractivity (Wildman–Crippen MR) is 128 cm³/mol. The molecule has 32 heavy (non-hydrogen) atoms. The Kier molecular flexibility index (Phi) is 6.86. The van der Waals surface area contributed by atoms with Crippen molar-refractivity contribution in [3.8, 4) is 28.5 Å². The second kappa shape index (κ2) is 9.79. The van der Waals surface area contributed by atoms with E-state index in [2.05, 4.69) is 42.0 Å². The zero-order valence-electron chi connectivity index (χ0n) is 19.3. The molecule has 0 bridgehead atoms. The van der Waals surface area contributed by atoms with E-state index in [0.717, 1.165) is 47.7 Å². The number of thiazole rings is 1. The maximum absolute atomic E-state index is 5.96. The van der Waals surface area contributed by atoms with Gasteiger partial charge in [-0.2, -0.15) is 0 Å². The van der Waals surface area contributed by atoms with Crippen molar-refractivity contribution in [1.29, 1.82) is 0 Å². The zero-order valence-corrected chi connectivity index (χ0v) is 20.1. The smallest absolute Gasteiger partial charge is 0.203 e. The van der Waals surface area contributed by atoms with E-state index in [1.807, 2.05) is 12.1 Å². The van der Waals surface area contributed by atoms with Crippen molar-refractivity contribution in [3.05, 3.63) is 51.6 Å². The summed E-state index contributed by atoms with van der Waals surface area (Å²) < 4.78 is 24.9. The Morgan fingerprint density at radius 1 is 1.09 bits per heavy atom. The average Bonchev–Trinajstić information content (AvgIpc) is 3.46. The highest BCUT2D eigenvalue weighted by molar-refractivity contribution is 7.07. The summed E-state index contributed by atoms with van der Waals surface area (Å²) in [5, 5.41) is 2.14. The fourth-order valence-corrected chi connectivity index (χ4v) is 4.94. The molecule has 1 fully saturated rings. The van der Waals surface area contributed by atoms with E-state index in [1.54, 1.807) is 32.7 Å². The van der Waals surface area contributed by atoms with Crippen LogP contribution in [0.2, 0.25) is 0 Å². The summed E-state index contributed by atoms with van der Waals surface area (Å²) >= 11 is 1.63. The summed E-state index contributed by atoms with van der Waals surface area (Å²) in [6.45, 7) is 5.80. The van der Waals surface area contributed by atoms with Gasteiger partial charge in [-0.3, -0.25) is 0 Å². The van der Waals surface area contributed by atoms with Crippen LogP contribution in [0.15, 0.2) is 40.7 Å². The SMILES string of the molecule is COc1cc(-c2csc(=Nc3cccc(C)c3C)n2CC2CCCO2)cc(OC)c1OC. The molecule has 2 heterocycles. The number of methoxy groups -OCH3 is 3. The number of hydrogen-bond acceptors (Lipinski definition) is 6. The second-order valence-electron chi connectivity index (χ2n) is 7.89. The summed E-state index contributed by atoms with van der Waals surface area (Å²) in [5.41, 5.74) is 5.45. The van der Waals surface area contributed by atoms with E-state index < -0.39 is 0 Å². The lowest BCUT2D eigenvalue weighted by molar-refractivity contribution is 0.0968. The minimum atomic E-state index is 0.183. The first-order valence-electron chi connectivity index (χ1n) is 10.8. The third-order valence-electron chi connectivity index (χ3n) is 5.96. The normalized spacial score (nSPS) is 16.4. The number of aryl methyl sites for hydroxylation is 1. The third-order valence-corrected chi connectivity index (χ3v) is 6.82. The number of rotatable bonds is 7. The summed E-state index contributed by atoms with van der Waals surface area (Å²) in [6.07, 6.45) is 2.33. The minimum absolute atomic E-state index is 0.183. The molecule has 0 spiro atoms. The van der Waals surface area contributed by atoms with Crippen molar-refractivity contribution in [3.63, 3.8) is 0 Å². The summed E-state index contributed by atoms with van der Waals surface area (Å²) in [7, 11) is 4.89. The Bertz CT molecular complexity index is 1130. The molecule has 1 atom stereocenters. The summed E-state index contributed by atoms with van der Waals surface area (Å²) in [5.74, 6) is 1.84. The molecule has 2 aromatic carbocycles. The molecule has 7 heteroatoms. The van der Waals surface area contributed by atoms with Crippen molar-refractivity contribution in [1.82, 2.24) is 4.57 Å². The van der Waals surface area contributed by atoms with Crippen LogP contribution in [0.5, 0.6) is 17.2 Å². The first-order chi connectivity index (χ1) is 15.5.